The first-order valence-electron chi connectivity index (χ1n) is 11.5. The summed E-state index contributed by atoms with van der Waals surface area (Å²) in [5.74, 6) is 0.945. The number of carboxylic acids is 1. The minimum absolute atomic E-state index is 0.0268. The van der Waals surface area contributed by atoms with Gasteiger partial charge >= 0.3 is 5.97 Å². The second-order valence-electron chi connectivity index (χ2n) is 8.55. The molecule has 0 saturated heterocycles. The van der Waals surface area contributed by atoms with Gasteiger partial charge in [0.1, 0.15) is 17.1 Å². The molecule has 0 radical (unpaired) electrons. The summed E-state index contributed by atoms with van der Waals surface area (Å²) in [7, 11) is 1.66. The van der Waals surface area contributed by atoms with Gasteiger partial charge in [-0.1, -0.05) is 19.3 Å². The molecule has 33 heavy (non-hydrogen) atoms. The van der Waals surface area contributed by atoms with Gasteiger partial charge in [-0.15, -0.1) is 0 Å². The average Bonchev–Trinajstić information content (AvgIpc) is 3.26. The van der Waals surface area contributed by atoms with Gasteiger partial charge in [0.2, 0.25) is 0 Å². The fraction of sp³-hybridized carbons (Fsp3) is 0.385. The number of hydrogen-bond donors (Lipinski definition) is 3. The van der Waals surface area contributed by atoms with E-state index in [0.29, 0.717) is 11.5 Å². The van der Waals surface area contributed by atoms with E-state index in [1.54, 1.807) is 19.2 Å². The highest BCUT2D eigenvalue weighted by Gasteiger charge is 2.28. The van der Waals surface area contributed by atoms with Gasteiger partial charge in [-0.25, -0.2) is 0 Å². The number of methoxy groups -OCH3 is 1. The molecule has 0 spiro atoms. The summed E-state index contributed by atoms with van der Waals surface area (Å²) in [6.07, 6.45) is 5.88. The second-order valence-corrected chi connectivity index (χ2v) is 8.55. The van der Waals surface area contributed by atoms with Gasteiger partial charge in [-0.05, 0) is 67.3 Å². The number of rotatable bonds is 9. The average molecular weight is 451 g/mol. The van der Waals surface area contributed by atoms with Crippen molar-refractivity contribution in [2.45, 2.75) is 44.6 Å². The molecule has 1 unspecified atom stereocenters. The number of fused-ring (bicyclic) bond motifs is 1. The van der Waals surface area contributed by atoms with Crippen LogP contribution in [0.25, 0.3) is 11.0 Å². The zero-order chi connectivity index (χ0) is 23.2. The lowest BCUT2D eigenvalue weighted by atomic mass is 9.82. The highest BCUT2D eigenvalue weighted by Crippen LogP contribution is 2.39. The molecule has 2 aromatic carbocycles. The number of hydrogen-bond acceptors (Lipinski definition) is 5. The predicted molar refractivity (Wildman–Crippen MR) is 127 cm³/mol. The first-order chi connectivity index (χ1) is 16.0. The summed E-state index contributed by atoms with van der Waals surface area (Å²) in [4.78, 5) is 22.9. The van der Waals surface area contributed by atoms with Crippen molar-refractivity contribution >= 4 is 28.5 Å². The molecule has 7 nitrogen and oxygen atoms in total. The molecule has 0 bridgehead atoms. The normalized spacial score (nSPS) is 15.2. The van der Waals surface area contributed by atoms with Crippen molar-refractivity contribution in [1.82, 2.24) is 5.32 Å². The minimum Gasteiger partial charge on any atom is -0.497 e. The van der Waals surface area contributed by atoms with Crippen LogP contribution in [-0.4, -0.2) is 30.6 Å². The zero-order valence-electron chi connectivity index (χ0n) is 18.8. The summed E-state index contributed by atoms with van der Waals surface area (Å²) in [5, 5.41) is 16.0. The molecule has 3 aromatic rings. The first kappa shape index (κ1) is 22.7. The molecular formula is C26H30N2O5. The van der Waals surface area contributed by atoms with Crippen molar-refractivity contribution in [3.8, 4) is 5.75 Å². The third-order valence-corrected chi connectivity index (χ3v) is 6.26. The SMILES string of the molecule is COc1ccc2oc(C(Nc3ccc(C(=O)NCCC(=O)O)cc3)C3CCCCC3)cc2c1. The van der Waals surface area contributed by atoms with Crippen LogP contribution in [0.2, 0.25) is 0 Å². The van der Waals surface area contributed by atoms with Crippen LogP contribution in [0.15, 0.2) is 52.9 Å². The van der Waals surface area contributed by atoms with Gasteiger partial charge in [-0.2, -0.15) is 0 Å². The molecule has 1 aromatic heterocycles. The van der Waals surface area contributed by atoms with Gasteiger partial charge in [-0.3, -0.25) is 9.59 Å². The summed E-state index contributed by atoms with van der Waals surface area (Å²) in [6.45, 7) is 0.106. The van der Waals surface area contributed by atoms with E-state index in [-0.39, 0.29) is 24.9 Å². The van der Waals surface area contributed by atoms with Crippen LogP contribution in [0.1, 0.15) is 60.7 Å². The van der Waals surface area contributed by atoms with Crippen LogP contribution in [0.5, 0.6) is 5.75 Å². The molecule has 1 fully saturated rings. The van der Waals surface area contributed by atoms with Crippen LogP contribution < -0.4 is 15.4 Å². The maximum Gasteiger partial charge on any atom is 0.305 e. The van der Waals surface area contributed by atoms with Crippen molar-refractivity contribution < 1.29 is 23.8 Å². The number of benzene rings is 2. The predicted octanol–water partition coefficient (Wildman–Crippen LogP) is 5.38. The molecule has 1 heterocycles. The minimum atomic E-state index is -0.937. The maximum absolute atomic E-state index is 12.2. The molecule has 1 atom stereocenters. The Kier molecular flexibility index (Phi) is 7.17. The lowest BCUT2D eigenvalue weighted by molar-refractivity contribution is -0.136. The molecular weight excluding hydrogens is 420 g/mol. The molecule has 1 aliphatic carbocycles. The Bertz CT molecular complexity index is 1100. The highest BCUT2D eigenvalue weighted by atomic mass is 16.5. The van der Waals surface area contributed by atoms with Gasteiger partial charge in [0.05, 0.1) is 19.6 Å². The monoisotopic (exact) mass is 450 g/mol. The van der Waals surface area contributed by atoms with Crippen molar-refractivity contribution in [2.75, 3.05) is 19.0 Å². The molecule has 1 aliphatic rings. The summed E-state index contributed by atoms with van der Waals surface area (Å²) < 4.78 is 11.6. The molecule has 0 aliphatic heterocycles. The topological polar surface area (TPSA) is 101 Å². The number of amides is 1. The lowest BCUT2D eigenvalue weighted by Crippen LogP contribution is -2.26. The van der Waals surface area contributed by atoms with E-state index >= 15 is 0 Å². The standard InChI is InChI=1S/C26H30N2O5/c1-32-21-11-12-22-19(15-21)16-23(33-22)25(17-5-3-2-4-6-17)28-20-9-7-18(8-10-20)26(31)27-14-13-24(29)30/h7-12,15-17,25,28H,2-6,13-14H2,1H3,(H,27,31)(H,29,30). The van der Waals surface area contributed by atoms with E-state index in [9.17, 15) is 9.59 Å². The van der Waals surface area contributed by atoms with Crippen molar-refractivity contribution in [1.29, 1.82) is 0 Å². The number of ether oxygens (including phenoxy) is 1. The number of carboxylic acid groups (broad SMARTS) is 1. The van der Waals surface area contributed by atoms with Gasteiger partial charge in [0, 0.05) is 23.2 Å². The fourth-order valence-corrected chi connectivity index (χ4v) is 4.49. The molecule has 4 rings (SSSR count). The molecule has 174 valence electrons. The second kappa shape index (κ2) is 10.4. The maximum atomic E-state index is 12.2. The Morgan fingerprint density at radius 1 is 1.09 bits per heavy atom. The van der Waals surface area contributed by atoms with Crippen LogP contribution >= 0.6 is 0 Å². The molecule has 1 saturated carbocycles. The van der Waals surface area contributed by atoms with Gasteiger partial charge < -0.3 is 24.9 Å². The van der Waals surface area contributed by atoms with E-state index < -0.39 is 5.97 Å². The number of nitrogens with one attached hydrogen (secondary N) is 2. The Morgan fingerprint density at radius 2 is 1.85 bits per heavy atom. The van der Waals surface area contributed by atoms with E-state index in [0.717, 1.165) is 41.0 Å². The van der Waals surface area contributed by atoms with Gasteiger partial charge in [0.15, 0.2) is 0 Å². The quantitative estimate of drug-likeness (QED) is 0.405. The third kappa shape index (κ3) is 5.66. The number of aliphatic carboxylic acids is 1. The van der Waals surface area contributed by atoms with Crippen LogP contribution in [0.4, 0.5) is 5.69 Å². The van der Waals surface area contributed by atoms with Crippen LogP contribution in [0, 0.1) is 5.92 Å². The lowest BCUT2D eigenvalue weighted by Gasteiger charge is -2.30. The van der Waals surface area contributed by atoms with E-state index in [2.05, 4.69) is 16.7 Å². The van der Waals surface area contributed by atoms with E-state index in [1.165, 1.54) is 19.3 Å². The van der Waals surface area contributed by atoms with Gasteiger partial charge in [0.25, 0.3) is 5.91 Å². The number of carbonyl (C=O) groups excluding carboxylic acids is 1. The summed E-state index contributed by atoms with van der Waals surface area (Å²) in [5.41, 5.74) is 2.24. The van der Waals surface area contributed by atoms with E-state index in [4.69, 9.17) is 14.3 Å². The highest BCUT2D eigenvalue weighted by molar-refractivity contribution is 5.94. The largest absolute Gasteiger partial charge is 0.497 e. The summed E-state index contributed by atoms with van der Waals surface area (Å²) in [6, 6.07) is 15.2. The smallest absolute Gasteiger partial charge is 0.305 e. The molecule has 7 heteroatoms. The Labute approximate surface area is 193 Å². The zero-order valence-corrected chi connectivity index (χ0v) is 18.8. The summed E-state index contributed by atoms with van der Waals surface area (Å²) >= 11 is 0. The number of furan rings is 1. The number of anilines is 1. The number of carbonyl (C=O) groups is 2. The van der Waals surface area contributed by atoms with Crippen LogP contribution in [0.3, 0.4) is 0 Å². The van der Waals surface area contributed by atoms with E-state index in [1.807, 2.05) is 30.3 Å². The van der Waals surface area contributed by atoms with Crippen molar-refractivity contribution in [3.63, 3.8) is 0 Å². The van der Waals surface area contributed by atoms with Crippen molar-refractivity contribution in [3.05, 3.63) is 59.9 Å². The first-order valence-corrected chi connectivity index (χ1v) is 11.5. The van der Waals surface area contributed by atoms with Crippen molar-refractivity contribution in [2.24, 2.45) is 5.92 Å². The fourth-order valence-electron chi connectivity index (χ4n) is 4.49. The molecule has 3 N–H and O–H groups in total. The van der Waals surface area contributed by atoms with Crippen LogP contribution in [-0.2, 0) is 4.79 Å². The molecule has 1 amide bonds. The third-order valence-electron chi connectivity index (χ3n) is 6.26. The Balaban J connectivity index is 1.52. The Hall–Kier alpha value is -3.48. The Morgan fingerprint density at radius 3 is 2.55 bits per heavy atom.